The lowest BCUT2D eigenvalue weighted by molar-refractivity contribution is -0.137. The molecule has 1 aromatic rings. The van der Waals surface area contributed by atoms with Gasteiger partial charge in [0.15, 0.2) is 0 Å². The highest BCUT2D eigenvalue weighted by atomic mass is 35.5. The van der Waals surface area contributed by atoms with Gasteiger partial charge in [0, 0.05) is 5.46 Å². The van der Waals surface area contributed by atoms with E-state index in [1.165, 1.54) is 0 Å². The number of alkyl halides is 3. The summed E-state index contributed by atoms with van der Waals surface area (Å²) in [6, 6.07) is 1.57. The predicted molar refractivity (Wildman–Crippen MR) is 52.8 cm³/mol. The number of halogens is 4. The number of hydrogen-bond donors (Lipinski definition) is 2. The maximum Gasteiger partial charge on any atom is 0.492 e. The van der Waals surface area contributed by atoms with Crippen molar-refractivity contribution in [3.63, 3.8) is 0 Å². The molecule has 0 amide bonds. The van der Waals surface area contributed by atoms with Crippen molar-refractivity contribution in [1.82, 2.24) is 0 Å². The minimum absolute atomic E-state index is 0.222. The summed E-state index contributed by atoms with van der Waals surface area (Å²) in [7, 11) is -0.859. The summed E-state index contributed by atoms with van der Waals surface area (Å²) < 4.78 is 41.9. The maximum atomic E-state index is 12.4. The van der Waals surface area contributed by atoms with Crippen LogP contribution in [0.2, 0.25) is 5.02 Å². The second-order valence-electron chi connectivity index (χ2n) is 2.92. The second-order valence-corrected chi connectivity index (χ2v) is 3.30. The number of benzene rings is 1. The first-order valence-corrected chi connectivity index (χ1v) is 4.46. The van der Waals surface area contributed by atoms with Gasteiger partial charge in [0.05, 0.1) is 17.7 Å². The minimum Gasteiger partial charge on any atom is -0.496 e. The monoisotopic (exact) mass is 254 g/mol. The zero-order chi connectivity index (χ0) is 12.5. The van der Waals surface area contributed by atoms with E-state index in [0.29, 0.717) is 6.07 Å². The Kier molecular flexibility index (Phi) is 3.72. The minimum atomic E-state index is -4.62. The molecule has 2 N–H and O–H groups in total. The van der Waals surface area contributed by atoms with Crippen LogP contribution in [-0.2, 0) is 6.18 Å². The summed E-state index contributed by atoms with van der Waals surface area (Å²) in [4.78, 5) is 0. The molecule has 0 unspecified atom stereocenters. The Morgan fingerprint density at radius 3 is 2.25 bits per heavy atom. The van der Waals surface area contributed by atoms with Crippen molar-refractivity contribution < 1.29 is 28.0 Å². The van der Waals surface area contributed by atoms with Gasteiger partial charge in [0.1, 0.15) is 5.75 Å². The molecule has 3 nitrogen and oxygen atoms in total. The summed E-state index contributed by atoms with van der Waals surface area (Å²) in [6.45, 7) is 0. The van der Waals surface area contributed by atoms with Crippen LogP contribution in [0.4, 0.5) is 13.2 Å². The van der Waals surface area contributed by atoms with Gasteiger partial charge in [0.2, 0.25) is 0 Å². The van der Waals surface area contributed by atoms with Crippen molar-refractivity contribution in [2.45, 2.75) is 6.18 Å². The van der Waals surface area contributed by atoms with E-state index in [-0.39, 0.29) is 5.46 Å². The van der Waals surface area contributed by atoms with Crippen molar-refractivity contribution in [1.29, 1.82) is 0 Å². The average Bonchev–Trinajstić information content (AvgIpc) is 2.14. The summed E-state index contributed by atoms with van der Waals surface area (Å²) >= 11 is 5.48. The average molecular weight is 254 g/mol. The molecule has 0 aliphatic carbocycles. The second kappa shape index (κ2) is 4.53. The normalized spacial score (nSPS) is 11.4. The van der Waals surface area contributed by atoms with Gasteiger partial charge >= 0.3 is 13.3 Å². The lowest BCUT2D eigenvalue weighted by Crippen LogP contribution is -2.32. The van der Waals surface area contributed by atoms with Crippen LogP contribution in [0, 0.1) is 0 Å². The number of ether oxygens (including phenoxy) is 1. The van der Waals surface area contributed by atoms with Crippen molar-refractivity contribution in [2.75, 3.05) is 7.11 Å². The van der Waals surface area contributed by atoms with Crippen molar-refractivity contribution in [3.8, 4) is 5.75 Å². The molecule has 0 heterocycles. The van der Waals surface area contributed by atoms with Crippen LogP contribution < -0.4 is 10.2 Å². The summed E-state index contributed by atoms with van der Waals surface area (Å²) in [5.74, 6) is -0.397. The van der Waals surface area contributed by atoms with Crippen LogP contribution >= 0.6 is 11.6 Å². The topological polar surface area (TPSA) is 49.7 Å². The first-order valence-electron chi connectivity index (χ1n) is 4.08. The number of rotatable bonds is 2. The highest BCUT2D eigenvalue weighted by molar-refractivity contribution is 6.60. The zero-order valence-corrected chi connectivity index (χ0v) is 8.80. The van der Waals surface area contributed by atoms with Gasteiger partial charge in [-0.2, -0.15) is 13.2 Å². The molecular weight excluding hydrogens is 247 g/mol. The van der Waals surface area contributed by atoms with Crippen LogP contribution in [0.15, 0.2) is 12.1 Å². The van der Waals surface area contributed by atoms with Gasteiger partial charge in [-0.1, -0.05) is 17.7 Å². The molecular formula is C8H7BClF3O3. The molecule has 0 aromatic heterocycles. The van der Waals surface area contributed by atoms with E-state index >= 15 is 0 Å². The highest BCUT2D eigenvalue weighted by Crippen LogP contribution is 2.38. The van der Waals surface area contributed by atoms with Crippen molar-refractivity contribution >= 4 is 24.2 Å². The molecule has 0 saturated carbocycles. The Balaban J connectivity index is 3.41. The fraction of sp³-hybridized carbons (Fsp3) is 0.250. The van der Waals surface area contributed by atoms with Crippen LogP contribution in [0.3, 0.4) is 0 Å². The van der Waals surface area contributed by atoms with Crippen LogP contribution in [-0.4, -0.2) is 24.3 Å². The molecule has 1 rings (SSSR count). The smallest absolute Gasteiger partial charge is 0.492 e. The largest absolute Gasteiger partial charge is 0.496 e. The molecule has 0 atom stereocenters. The Bertz CT molecular complexity index is 395. The highest BCUT2D eigenvalue weighted by Gasteiger charge is 2.36. The van der Waals surface area contributed by atoms with Crippen molar-refractivity contribution in [3.05, 3.63) is 22.7 Å². The first-order chi connectivity index (χ1) is 7.29. The van der Waals surface area contributed by atoms with Crippen molar-refractivity contribution in [2.24, 2.45) is 0 Å². The molecule has 1 aromatic carbocycles. The maximum absolute atomic E-state index is 12.4. The summed E-state index contributed by atoms with van der Waals surface area (Å²) in [5.41, 5.74) is -1.31. The summed E-state index contributed by atoms with van der Waals surface area (Å²) in [5, 5.41) is 17.1. The molecule has 0 aliphatic rings. The SMILES string of the molecule is COc1c(B(O)O)ccc(C(F)(F)F)c1Cl. The molecule has 0 spiro atoms. The first kappa shape index (κ1) is 13.2. The third kappa shape index (κ3) is 2.42. The fourth-order valence-electron chi connectivity index (χ4n) is 1.20. The molecule has 0 radical (unpaired) electrons. The van der Waals surface area contributed by atoms with Gasteiger partial charge in [-0.05, 0) is 6.07 Å². The molecule has 0 aliphatic heterocycles. The van der Waals surface area contributed by atoms with Crippen LogP contribution in [0.1, 0.15) is 5.56 Å². The predicted octanol–water partition coefficient (Wildman–Crippen LogP) is 1.05. The van der Waals surface area contributed by atoms with E-state index in [1.807, 2.05) is 0 Å². The molecule has 0 fully saturated rings. The lowest BCUT2D eigenvalue weighted by Gasteiger charge is -2.14. The Morgan fingerprint density at radius 2 is 1.88 bits per heavy atom. The fourth-order valence-corrected chi connectivity index (χ4v) is 1.56. The molecule has 16 heavy (non-hydrogen) atoms. The van der Waals surface area contributed by atoms with E-state index in [2.05, 4.69) is 4.74 Å². The van der Waals surface area contributed by atoms with Crippen LogP contribution in [0.5, 0.6) is 5.75 Å². The quantitative estimate of drug-likeness (QED) is 0.776. The van der Waals surface area contributed by atoms with Crippen LogP contribution in [0.25, 0.3) is 0 Å². The number of hydrogen-bond acceptors (Lipinski definition) is 3. The Labute approximate surface area is 94.6 Å². The number of methoxy groups -OCH3 is 1. The van der Waals surface area contributed by atoms with E-state index in [1.54, 1.807) is 0 Å². The Hall–Kier alpha value is -0.915. The molecule has 88 valence electrons. The lowest BCUT2D eigenvalue weighted by atomic mass is 9.79. The molecule has 0 saturated heterocycles. The third-order valence-electron chi connectivity index (χ3n) is 1.92. The Morgan fingerprint density at radius 1 is 1.31 bits per heavy atom. The van der Waals surface area contributed by atoms with Gasteiger partial charge in [-0.3, -0.25) is 0 Å². The molecule has 8 heteroatoms. The van der Waals surface area contributed by atoms with Gasteiger partial charge in [-0.25, -0.2) is 0 Å². The zero-order valence-electron chi connectivity index (χ0n) is 8.05. The third-order valence-corrected chi connectivity index (χ3v) is 2.29. The van der Waals surface area contributed by atoms with E-state index in [0.717, 1.165) is 13.2 Å². The van der Waals surface area contributed by atoms with Gasteiger partial charge in [-0.15, -0.1) is 0 Å². The molecule has 0 bridgehead atoms. The standard InChI is InChI=1S/C8H7BClF3O3/c1-16-7-5(9(14)15)3-2-4(6(7)10)8(11,12)13/h2-3,14-15H,1H3. The van der Waals surface area contributed by atoms with Gasteiger partial charge < -0.3 is 14.8 Å². The summed E-state index contributed by atoms with van der Waals surface area (Å²) in [6.07, 6.45) is -4.62. The van der Waals surface area contributed by atoms with Gasteiger partial charge in [0.25, 0.3) is 0 Å². The van der Waals surface area contributed by atoms with E-state index in [9.17, 15) is 13.2 Å². The van der Waals surface area contributed by atoms with E-state index in [4.69, 9.17) is 21.6 Å². The van der Waals surface area contributed by atoms with E-state index < -0.39 is 29.6 Å².